The molecule has 12 nitrogen and oxygen atoms in total. The van der Waals surface area contributed by atoms with Crippen LogP contribution in [0.1, 0.15) is 27.7 Å². The molecule has 4 heterocycles. The maximum atomic E-state index is 12.3. The molecule has 0 aliphatic carbocycles. The fraction of sp³-hybridized carbons (Fsp3) is 0.647. The molecule has 0 aromatic carbocycles. The van der Waals surface area contributed by atoms with Gasteiger partial charge < -0.3 is 18.9 Å². The summed E-state index contributed by atoms with van der Waals surface area (Å²) in [6.07, 6.45) is -0.911. The smallest absolute Gasteiger partial charge is 0.302 e. The number of esters is 1. The van der Waals surface area contributed by atoms with Gasteiger partial charge >= 0.3 is 5.97 Å². The van der Waals surface area contributed by atoms with Gasteiger partial charge in [-0.25, -0.2) is 0 Å². The van der Waals surface area contributed by atoms with Crippen LogP contribution in [0.25, 0.3) is 0 Å². The zero-order chi connectivity index (χ0) is 20.9. The Balaban J connectivity index is 1.60. The third-order valence-electron chi connectivity index (χ3n) is 4.66. The highest BCUT2D eigenvalue weighted by atomic mass is 16.8. The number of ether oxygens (including phenoxy) is 4. The van der Waals surface area contributed by atoms with E-state index in [0.29, 0.717) is 0 Å². The number of nitrogens with zero attached hydrogens (tertiary/aromatic N) is 4. The van der Waals surface area contributed by atoms with Crippen LogP contribution in [0, 0.1) is 0 Å². The van der Waals surface area contributed by atoms with E-state index in [0.717, 1.165) is 0 Å². The highest BCUT2D eigenvalue weighted by Crippen LogP contribution is 2.40. The molecule has 0 aromatic rings. The van der Waals surface area contributed by atoms with Gasteiger partial charge in [-0.15, -0.1) is 0 Å². The third-order valence-corrected chi connectivity index (χ3v) is 4.66. The summed E-state index contributed by atoms with van der Waals surface area (Å²) in [7, 11) is 0. The molecule has 2 saturated heterocycles. The van der Waals surface area contributed by atoms with E-state index < -0.39 is 54.2 Å². The average molecular weight is 407 g/mol. The van der Waals surface area contributed by atoms with Crippen molar-refractivity contribution < 1.29 is 33.3 Å². The molecule has 0 spiro atoms. The van der Waals surface area contributed by atoms with Crippen molar-refractivity contribution in [2.24, 2.45) is 15.0 Å². The van der Waals surface area contributed by atoms with Crippen LogP contribution in [0.5, 0.6) is 0 Å². The molecule has 1 unspecified atom stereocenters. The molecule has 5 atom stereocenters. The molecule has 0 saturated carbocycles. The normalized spacial score (nSPS) is 34.4. The van der Waals surface area contributed by atoms with Crippen molar-refractivity contribution in [2.45, 2.75) is 64.1 Å². The first-order chi connectivity index (χ1) is 13.6. The van der Waals surface area contributed by atoms with Crippen LogP contribution in [0.2, 0.25) is 0 Å². The minimum Gasteiger partial charge on any atom is -0.463 e. The summed E-state index contributed by atoms with van der Waals surface area (Å²) >= 11 is 0. The van der Waals surface area contributed by atoms with E-state index in [1.807, 2.05) is 0 Å². The second-order valence-electron chi connectivity index (χ2n) is 7.43. The minimum atomic E-state index is -0.919. The first-order valence-corrected chi connectivity index (χ1v) is 9.09. The molecule has 4 rings (SSSR count). The Morgan fingerprint density at radius 2 is 1.97 bits per heavy atom. The Labute approximate surface area is 165 Å². The molecule has 156 valence electrons. The quantitative estimate of drug-likeness (QED) is 0.584. The largest absolute Gasteiger partial charge is 0.463 e. The van der Waals surface area contributed by atoms with Gasteiger partial charge in [-0.1, -0.05) is 0 Å². The van der Waals surface area contributed by atoms with Crippen molar-refractivity contribution in [3.8, 4) is 0 Å². The van der Waals surface area contributed by atoms with Crippen molar-refractivity contribution in [2.75, 3.05) is 6.61 Å². The third kappa shape index (κ3) is 3.66. The Bertz CT molecular complexity index is 851. The first-order valence-electron chi connectivity index (χ1n) is 9.09. The summed E-state index contributed by atoms with van der Waals surface area (Å²) in [5.74, 6) is -2.11. The van der Waals surface area contributed by atoms with Gasteiger partial charge in [0.2, 0.25) is 11.9 Å². The number of hydrogen-bond donors (Lipinski definition) is 1. The molecule has 2 amide bonds. The fourth-order valence-corrected chi connectivity index (χ4v) is 3.62. The van der Waals surface area contributed by atoms with Gasteiger partial charge in [-0.3, -0.25) is 29.6 Å². The van der Waals surface area contributed by atoms with Gasteiger partial charge in [-0.2, -0.15) is 9.98 Å². The van der Waals surface area contributed by atoms with E-state index in [4.69, 9.17) is 18.9 Å². The van der Waals surface area contributed by atoms with Crippen LogP contribution >= 0.6 is 0 Å². The van der Waals surface area contributed by atoms with Crippen molar-refractivity contribution in [1.29, 1.82) is 0 Å². The minimum absolute atomic E-state index is 0.00907. The molecule has 4 aliphatic rings. The predicted molar refractivity (Wildman–Crippen MR) is 96.9 cm³/mol. The SMILES string of the molecule is CC(=O)NC1=NC(=O)C2N=CN([C@@H]3O[C@H](COC(C)=O)[C@H]4OC(C)(C)O[C@H]43)C2=N1. The van der Waals surface area contributed by atoms with E-state index in [1.165, 1.54) is 20.2 Å². The lowest BCUT2D eigenvalue weighted by molar-refractivity contribution is -0.200. The molecule has 0 radical (unpaired) electrons. The van der Waals surface area contributed by atoms with Crippen LogP contribution < -0.4 is 5.32 Å². The van der Waals surface area contributed by atoms with Crippen molar-refractivity contribution in [3.63, 3.8) is 0 Å². The Morgan fingerprint density at radius 3 is 2.66 bits per heavy atom. The summed E-state index contributed by atoms with van der Waals surface area (Å²) in [5, 5.41) is 2.40. The molecular formula is C17H21N5O7. The summed E-state index contributed by atoms with van der Waals surface area (Å²) < 4.78 is 23.1. The van der Waals surface area contributed by atoms with Crippen LogP contribution in [0.4, 0.5) is 0 Å². The molecule has 1 N–H and O–H groups in total. The number of amidine groups is 1. The van der Waals surface area contributed by atoms with E-state index in [9.17, 15) is 14.4 Å². The molecule has 0 aromatic heterocycles. The Morgan fingerprint density at radius 1 is 1.24 bits per heavy atom. The van der Waals surface area contributed by atoms with Crippen molar-refractivity contribution in [1.82, 2.24) is 10.2 Å². The molecule has 2 fully saturated rings. The lowest BCUT2D eigenvalue weighted by Crippen LogP contribution is -2.50. The van der Waals surface area contributed by atoms with Gasteiger partial charge in [0.1, 0.15) is 24.9 Å². The number of fused-ring (bicyclic) bond motifs is 2. The van der Waals surface area contributed by atoms with Gasteiger partial charge in [0.05, 0.1) is 6.34 Å². The summed E-state index contributed by atoms with van der Waals surface area (Å²) in [6.45, 7) is 6.14. The summed E-state index contributed by atoms with van der Waals surface area (Å²) in [5.41, 5.74) is 0. The lowest BCUT2D eigenvalue weighted by atomic mass is 10.1. The second kappa shape index (κ2) is 6.97. The topological polar surface area (TPSA) is 140 Å². The second-order valence-corrected chi connectivity index (χ2v) is 7.43. The molecule has 29 heavy (non-hydrogen) atoms. The van der Waals surface area contributed by atoms with Crippen LogP contribution in [-0.2, 0) is 33.3 Å². The van der Waals surface area contributed by atoms with E-state index in [2.05, 4.69) is 20.3 Å². The molecule has 0 bridgehead atoms. The maximum absolute atomic E-state index is 12.3. The van der Waals surface area contributed by atoms with E-state index in [-0.39, 0.29) is 18.4 Å². The number of aliphatic imine (C=N–C) groups is 3. The van der Waals surface area contributed by atoms with Gasteiger partial charge in [0.25, 0.3) is 5.91 Å². The average Bonchev–Trinajstić information content (AvgIpc) is 3.23. The first kappa shape index (κ1) is 19.6. The number of carbonyl (C=O) groups is 3. The zero-order valence-corrected chi connectivity index (χ0v) is 16.3. The van der Waals surface area contributed by atoms with Crippen molar-refractivity contribution >= 4 is 35.9 Å². The summed E-state index contributed by atoms with van der Waals surface area (Å²) in [4.78, 5) is 48.6. The fourth-order valence-electron chi connectivity index (χ4n) is 3.62. The van der Waals surface area contributed by atoms with Gasteiger partial charge in [0.15, 0.2) is 23.9 Å². The summed E-state index contributed by atoms with van der Waals surface area (Å²) in [6, 6.07) is -0.919. The zero-order valence-electron chi connectivity index (χ0n) is 16.3. The molecule has 4 aliphatic heterocycles. The predicted octanol–water partition coefficient (Wildman–Crippen LogP) is -1.06. The standard InChI is InChI=1S/C17H21N5O7/c1-7(23)19-16-20-13-10(14(25)21-16)18-6-22(13)15-12-11(28-17(3,4)29-12)9(27-15)5-26-8(2)24/h6,9-12,15H,5H2,1-4H3,(H,19,21,23,25)/t9-,10?,11-,12-,15-/m1/s1. The monoisotopic (exact) mass is 407 g/mol. The number of rotatable bonds is 3. The van der Waals surface area contributed by atoms with Gasteiger partial charge in [-0.05, 0) is 13.8 Å². The number of guanidine groups is 1. The Kier molecular flexibility index (Phi) is 4.71. The van der Waals surface area contributed by atoms with Gasteiger partial charge in [0, 0.05) is 13.8 Å². The Hall–Kier alpha value is -2.70. The van der Waals surface area contributed by atoms with Crippen LogP contribution in [0.3, 0.4) is 0 Å². The van der Waals surface area contributed by atoms with E-state index >= 15 is 0 Å². The highest BCUT2D eigenvalue weighted by Gasteiger charge is 2.58. The van der Waals surface area contributed by atoms with Crippen LogP contribution in [-0.4, -0.2) is 83.8 Å². The molecular weight excluding hydrogens is 386 g/mol. The number of hydrogen-bond acceptors (Lipinski definition) is 10. The molecule has 12 heteroatoms. The lowest BCUT2D eigenvalue weighted by Gasteiger charge is -2.30. The highest BCUT2D eigenvalue weighted by molar-refractivity contribution is 6.23. The van der Waals surface area contributed by atoms with E-state index in [1.54, 1.807) is 18.7 Å². The number of nitrogens with one attached hydrogen (secondary N) is 1. The number of carbonyl (C=O) groups excluding carboxylic acids is 3. The van der Waals surface area contributed by atoms with Crippen LogP contribution in [0.15, 0.2) is 15.0 Å². The maximum Gasteiger partial charge on any atom is 0.302 e. The van der Waals surface area contributed by atoms with Crippen molar-refractivity contribution in [3.05, 3.63) is 0 Å². The number of amides is 2.